The highest BCUT2D eigenvalue weighted by Crippen LogP contribution is 2.49. The van der Waals surface area contributed by atoms with E-state index in [1.54, 1.807) is 48.5 Å². The molecule has 5 rings (SSSR count). The lowest BCUT2D eigenvalue weighted by Gasteiger charge is -2.42. The van der Waals surface area contributed by atoms with E-state index in [1.165, 1.54) is 17.2 Å². The van der Waals surface area contributed by atoms with Gasteiger partial charge in [-0.05, 0) is 94.0 Å². The number of carbonyl (C=O) groups excluding carboxylic acids is 2. The van der Waals surface area contributed by atoms with Gasteiger partial charge in [0.25, 0.3) is 0 Å². The first-order valence-corrected chi connectivity index (χ1v) is 12.9. The summed E-state index contributed by atoms with van der Waals surface area (Å²) in [4.78, 5) is 25.0. The van der Waals surface area contributed by atoms with E-state index < -0.39 is 11.9 Å². The lowest BCUT2D eigenvalue weighted by atomic mass is 9.62. The fourth-order valence-electron chi connectivity index (χ4n) is 5.32. The summed E-state index contributed by atoms with van der Waals surface area (Å²) in [6.07, 6.45) is 2.12. The number of esters is 2. The molecule has 0 amide bonds. The van der Waals surface area contributed by atoms with Gasteiger partial charge in [-0.2, -0.15) is 0 Å². The summed E-state index contributed by atoms with van der Waals surface area (Å²) in [7, 11) is 0. The summed E-state index contributed by atoms with van der Waals surface area (Å²) in [5, 5.41) is 0. The Hall–Kier alpha value is -4.05. The first kappa shape index (κ1) is 25.6. The third kappa shape index (κ3) is 4.79. The lowest BCUT2D eigenvalue weighted by molar-refractivity contribution is 0.0398. The monoisotopic (exact) mass is 506 g/mol. The zero-order valence-electron chi connectivity index (χ0n) is 22.2. The van der Waals surface area contributed by atoms with Crippen LogP contribution in [0.3, 0.4) is 0 Å². The highest BCUT2D eigenvalue weighted by Gasteiger charge is 2.38. The van der Waals surface area contributed by atoms with Crippen LogP contribution in [0.1, 0.15) is 72.4 Å². The maximum atomic E-state index is 15.1. The third-order valence-electron chi connectivity index (χ3n) is 7.78. The van der Waals surface area contributed by atoms with Crippen molar-refractivity contribution in [3.8, 4) is 22.3 Å². The van der Waals surface area contributed by atoms with Gasteiger partial charge in [0.1, 0.15) is 5.82 Å². The highest BCUT2D eigenvalue weighted by atomic mass is 19.1. The number of rotatable bonds is 4. The molecule has 0 N–H and O–H groups in total. The smallest absolute Gasteiger partial charge is 0.346 e. The van der Waals surface area contributed by atoms with Crippen molar-refractivity contribution >= 4 is 11.9 Å². The van der Waals surface area contributed by atoms with Gasteiger partial charge in [0, 0.05) is 5.56 Å². The van der Waals surface area contributed by atoms with Crippen molar-refractivity contribution in [2.24, 2.45) is 0 Å². The summed E-state index contributed by atoms with van der Waals surface area (Å²) in [6.45, 7) is 9.03. The molecule has 0 heterocycles. The fraction of sp³-hybridized carbons (Fsp3) is 0.235. The molecule has 0 saturated carbocycles. The van der Waals surface area contributed by atoms with Crippen molar-refractivity contribution in [3.05, 3.63) is 119 Å². The maximum absolute atomic E-state index is 15.1. The van der Waals surface area contributed by atoms with Gasteiger partial charge in [0.05, 0.1) is 11.1 Å². The van der Waals surface area contributed by atoms with E-state index in [-0.39, 0.29) is 22.2 Å². The number of halogens is 1. The summed E-state index contributed by atoms with van der Waals surface area (Å²) in [5.74, 6) is -1.68. The molecular formula is C34H31FO3. The number of hydrogen-bond acceptors (Lipinski definition) is 3. The average molecular weight is 507 g/mol. The zero-order valence-corrected chi connectivity index (χ0v) is 22.2. The van der Waals surface area contributed by atoms with Crippen LogP contribution in [-0.4, -0.2) is 11.9 Å². The number of fused-ring (bicyclic) bond motifs is 1. The van der Waals surface area contributed by atoms with Crippen molar-refractivity contribution in [2.75, 3.05) is 0 Å². The predicted octanol–water partition coefficient (Wildman–Crippen LogP) is 8.51. The van der Waals surface area contributed by atoms with Gasteiger partial charge in [-0.1, -0.05) is 76.2 Å². The molecule has 0 bridgehead atoms. The van der Waals surface area contributed by atoms with E-state index in [0.29, 0.717) is 11.1 Å². The van der Waals surface area contributed by atoms with Crippen LogP contribution in [0.4, 0.5) is 4.39 Å². The molecule has 0 atom stereocenters. The Balaban J connectivity index is 1.56. The molecule has 0 spiro atoms. The predicted molar refractivity (Wildman–Crippen MR) is 149 cm³/mol. The summed E-state index contributed by atoms with van der Waals surface area (Å²) < 4.78 is 20.2. The van der Waals surface area contributed by atoms with E-state index in [1.807, 2.05) is 24.3 Å². The van der Waals surface area contributed by atoms with Gasteiger partial charge >= 0.3 is 11.9 Å². The normalized spacial score (nSPS) is 15.4. The molecule has 4 heteroatoms. The standard InChI is InChI=1S/C34H31FO3/c1-33(2)18-19-34(3,4)29-21-27(25-12-8-9-13-30(25)35)26(20-28(29)33)22-14-16-24(17-15-22)32(37)38-31(36)23-10-6-5-7-11-23/h5-17,20-21H,18-19H2,1-4H3. The number of ether oxygens (including phenoxy) is 1. The first-order chi connectivity index (χ1) is 18.1. The second-order valence-electron chi connectivity index (χ2n) is 11.3. The molecule has 0 saturated heterocycles. The molecule has 1 aliphatic carbocycles. The quantitative estimate of drug-likeness (QED) is 0.206. The average Bonchev–Trinajstić information content (AvgIpc) is 2.91. The Bertz CT molecular complexity index is 1520. The van der Waals surface area contributed by atoms with Gasteiger partial charge in [-0.25, -0.2) is 14.0 Å². The molecule has 192 valence electrons. The molecule has 0 radical (unpaired) electrons. The topological polar surface area (TPSA) is 43.4 Å². The maximum Gasteiger partial charge on any atom is 0.346 e. The van der Waals surface area contributed by atoms with Crippen molar-refractivity contribution < 1.29 is 18.7 Å². The van der Waals surface area contributed by atoms with Gasteiger partial charge < -0.3 is 4.74 Å². The first-order valence-electron chi connectivity index (χ1n) is 12.9. The van der Waals surface area contributed by atoms with Crippen LogP contribution in [0.25, 0.3) is 22.3 Å². The SMILES string of the molecule is CC1(C)CCC(C)(C)c2cc(-c3ccccc3F)c(-c3ccc(C(=O)OC(=O)c4ccccc4)cc3)cc21. The number of carbonyl (C=O) groups is 2. The molecule has 4 aromatic rings. The lowest BCUT2D eigenvalue weighted by Crippen LogP contribution is -2.34. The Morgan fingerprint density at radius 2 is 1.13 bits per heavy atom. The Morgan fingerprint density at radius 3 is 1.71 bits per heavy atom. The fourth-order valence-corrected chi connectivity index (χ4v) is 5.32. The van der Waals surface area contributed by atoms with E-state index in [9.17, 15) is 9.59 Å². The van der Waals surface area contributed by atoms with Crippen molar-refractivity contribution in [1.29, 1.82) is 0 Å². The van der Waals surface area contributed by atoms with Gasteiger partial charge in [0.2, 0.25) is 0 Å². The summed E-state index contributed by atoms with van der Waals surface area (Å²) in [6, 6.07) is 26.6. The second-order valence-corrected chi connectivity index (χ2v) is 11.3. The van der Waals surface area contributed by atoms with Crippen LogP contribution < -0.4 is 0 Å². The largest absolute Gasteiger partial charge is 0.386 e. The zero-order chi connectivity index (χ0) is 27.1. The number of benzene rings is 4. The van der Waals surface area contributed by atoms with Crippen LogP contribution >= 0.6 is 0 Å². The van der Waals surface area contributed by atoms with E-state index in [4.69, 9.17) is 4.74 Å². The van der Waals surface area contributed by atoms with Crippen LogP contribution in [0.15, 0.2) is 91.0 Å². The van der Waals surface area contributed by atoms with Gasteiger partial charge in [-0.3, -0.25) is 0 Å². The van der Waals surface area contributed by atoms with Crippen LogP contribution in [0.5, 0.6) is 0 Å². The Kier molecular flexibility index (Phi) is 6.52. The van der Waals surface area contributed by atoms with Crippen molar-refractivity contribution in [1.82, 2.24) is 0 Å². The highest BCUT2D eigenvalue weighted by molar-refractivity contribution is 6.02. The van der Waals surface area contributed by atoms with Gasteiger partial charge in [-0.15, -0.1) is 0 Å². The van der Waals surface area contributed by atoms with Crippen LogP contribution in [0, 0.1) is 5.82 Å². The van der Waals surface area contributed by atoms with E-state index in [0.717, 1.165) is 29.5 Å². The van der Waals surface area contributed by atoms with E-state index >= 15 is 4.39 Å². The molecule has 0 aliphatic heterocycles. The van der Waals surface area contributed by atoms with Gasteiger partial charge in [0.15, 0.2) is 0 Å². The molecule has 4 aromatic carbocycles. The second kappa shape index (κ2) is 9.68. The Morgan fingerprint density at radius 1 is 0.632 bits per heavy atom. The van der Waals surface area contributed by atoms with Crippen LogP contribution in [-0.2, 0) is 15.6 Å². The molecule has 3 nitrogen and oxygen atoms in total. The summed E-state index contributed by atoms with van der Waals surface area (Å²) in [5.41, 5.74) is 6.17. The summed E-state index contributed by atoms with van der Waals surface area (Å²) >= 11 is 0. The minimum Gasteiger partial charge on any atom is -0.386 e. The molecule has 0 unspecified atom stereocenters. The molecular weight excluding hydrogens is 475 g/mol. The Labute approximate surface area is 223 Å². The molecule has 0 aromatic heterocycles. The molecule has 38 heavy (non-hydrogen) atoms. The minimum absolute atomic E-state index is 0.0189. The van der Waals surface area contributed by atoms with Crippen LogP contribution in [0.2, 0.25) is 0 Å². The molecule has 0 fully saturated rings. The number of hydrogen-bond donors (Lipinski definition) is 0. The third-order valence-corrected chi connectivity index (χ3v) is 7.78. The minimum atomic E-state index is -0.715. The van der Waals surface area contributed by atoms with Crippen molar-refractivity contribution in [3.63, 3.8) is 0 Å². The van der Waals surface area contributed by atoms with E-state index in [2.05, 4.69) is 39.8 Å². The van der Waals surface area contributed by atoms with Crippen molar-refractivity contribution in [2.45, 2.75) is 51.4 Å². The molecule has 1 aliphatic rings.